The molecule has 0 saturated heterocycles. The molecule has 0 aliphatic heterocycles. The van der Waals surface area contributed by atoms with Crippen molar-refractivity contribution in [2.45, 2.75) is 54.1 Å². The molecular formula is C17H23N3OS3. The van der Waals surface area contributed by atoms with E-state index in [9.17, 15) is 4.79 Å². The quantitative estimate of drug-likeness (QED) is 0.679. The minimum Gasteiger partial charge on any atom is -0.353 e. The predicted molar refractivity (Wildman–Crippen MR) is 104 cm³/mol. The minimum absolute atomic E-state index is 0.0321. The van der Waals surface area contributed by atoms with Crippen molar-refractivity contribution in [2.24, 2.45) is 0 Å². The number of benzene rings is 1. The number of carbonyl (C=O) groups excluding carboxylic acids is 1. The van der Waals surface area contributed by atoms with Gasteiger partial charge >= 0.3 is 0 Å². The normalized spacial score (nSPS) is 11.2. The van der Waals surface area contributed by atoms with Gasteiger partial charge in [0.15, 0.2) is 8.68 Å². The fraction of sp³-hybridized carbons (Fsp3) is 0.471. The van der Waals surface area contributed by atoms with Crippen LogP contribution in [0.15, 0.2) is 32.9 Å². The van der Waals surface area contributed by atoms with Crippen molar-refractivity contribution in [1.82, 2.24) is 15.5 Å². The number of hydrogen-bond acceptors (Lipinski definition) is 6. The first-order chi connectivity index (χ1) is 11.4. The van der Waals surface area contributed by atoms with Gasteiger partial charge in [-0.05, 0) is 30.9 Å². The first-order valence-corrected chi connectivity index (χ1v) is 10.7. The SMILES string of the molecule is CC(C)NC(=O)CSc1nnc(SCc2ccc(C(C)C)cc2)s1. The van der Waals surface area contributed by atoms with E-state index in [0.717, 1.165) is 14.4 Å². The van der Waals surface area contributed by atoms with E-state index < -0.39 is 0 Å². The summed E-state index contributed by atoms with van der Waals surface area (Å²) in [7, 11) is 0. The number of thioether (sulfide) groups is 2. The molecule has 1 aromatic heterocycles. The Morgan fingerprint density at radius 2 is 1.71 bits per heavy atom. The zero-order valence-electron chi connectivity index (χ0n) is 14.4. The molecule has 24 heavy (non-hydrogen) atoms. The molecule has 1 aromatic carbocycles. The Kier molecular flexibility index (Phi) is 7.58. The summed E-state index contributed by atoms with van der Waals surface area (Å²) in [4.78, 5) is 11.6. The molecule has 0 radical (unpaired) electrons. The van der Waals surface area contributed by atoms with Crippen LogP contribution in [0.3, 0.4) is 0 Å². The van der Waals surface area contributed by atoms with Crippen molar-refractivity contribution in [1.29, 1.82) is 0 Å². The highest BCUT2D eigenvalue weighted by molar-refractivity contribution is 8.03. The third-order valence-corrected chi connectivity index (χ3v) is 6.43. The Bertz CT molecular complexity index is 653. The van der Waals surface area contributed by atoms with E-state index in [1.54, 1.807) is 23.1 Å². The lowest BCUT2D eigenvalue weighted by Crippen LogP contribution is -2.31. The average molecular weight is 382 g/mol. The van der Waals surface area contributed by atoms with Crippen LogP contribution in [-0.4, -0.2) is 27.9 Å². The van der Waals surface area contributed by atoms with Crippen LogP contribution in [0, 0.1) is 0 Å². The third kappa shape index (κ3) is 6.45. The van der Waals surface area contributed by atoms with Gasteiger partial charge in [0, 0.05) is 11.8 Å². The van der Waals surface area contributed by atoms with Gasteiger partial charge in [-0.2, -0.15) is 0 Å². The van der Waals surface area contributed by atoms with Crippen LogP contribution in [0.2, 0.25) is 0 Å². The summed E-state index contributed by atoms with van der Waals surface area (Å²) < 4.78 is 1.78. The molecule has 1 N–H and O–H groups in total. The van der Waals surface area contributed by atoms with Crippen LogP contribution in [0.4, 0.5) is 0 Å². The summed E-state index contributed by atoms with van der Waals surface area (Å²) in [5, 5.41) is 11.2. The average Bonchev–Trinajstić information content (AvgIpc) is 2.98. The zero-order chi connectivity index (χ0) is 17.5. The Labute approximate surface area is 156 Å². The monoisotopic (exact) mass is 381 g/mol. The van der Waals surface area contributed by atoms with E-state index in [4.69, 9.17) is 0 Å². The van der Waals surface area contributed by atoms with Crippen LogP contribution in [0.5, 0.6) is 0 Å². The number of nitrogens with one attached hydrogen (secondary N) is 1. The maximum atomic E-state index is 11.6. The fourth-order valence-electron chi connectivity index (χ4n) is 1.95. The minimum atomic E-state index is 0.0321. The van der Waals surface area contributed by atoms with Crippen LogP contribution in [-0.2, 0) is 10.5 Å². The van der Waals surface area contributed by atoms with Crippen LogP contribution in [0.1, 0.15) is 44.7 Å². The smallest absolute Gasteiger partial charge is 0.230 e. The van der Waals surface area contributed by atoms with Gasteiger partial charge in [-0.15, -0.1) is 10.2 Å². The van der Waals surface area contributed by atoms with Gasteiger partial charge in [0.1, 0.15) is 0 Å². The fourth-order valence-corrected chi connectivity index (χ4v) is 4.74. The summed E-state index contributed by atoms with van der Waals surface area (Å²) in [6.45, 7) is 8.31. The largest absolute Gasteiger partial charge is 0.353 e. The van der Waals surface area contributed by atoms with Crippen molar-refractivity contribution >= 4 is 40.8 Å². The molecule has 0 aliphatic rings. The number of nitrogens with zero attached hydrogens (tertiary/aromatic N) is 2. The molecule has 2 rings (SSSR count). The molecule has 0 atom stereocenters. The van der Waals surface area contributed by atoms with Gasteiger partial charge in [-0.25, -0.2) is 0 Å². The van der Waals surface area contributed by atoms with Gasteiger partial charge < -0.3 is 5.32 Å². The molecule has 0 aliphatic carbocycles. The number of aromatic nitrogens is 2. The van der Waals surface area contributed by atoms with Crippen LogP contribution < -0.4 is 5.32 Å². The summed E-state index contributed by atoms with van der Waals surface area (Å²) in [5.41, 5.74) is 2.64. The second kappa shape index (κ2) is 9.44. The number of amides is 1. The lowest BCUT2D eigenvalue weighted by atomic mass is 10.0. The number of hydrogen-bond donors (Lipinski definition) is 1. The number of rotatable bonds is 8. The Morgan fingerprint density at radius 3 is 2.29 bits per heavy atom. The van der Waals surface area contributed by atoms with E-state index in [-0.39, 0.29) is 11.9 Å². The molecule has 0 fully saturated rings. The van der Waals surface area contributed by atoms with Crippen molar-refractivity contribution in [3.63, 3.8) is 0 Å². The van der Waals surface area contributed by atoms with Gasteiger partial charge in [0.2, 0.25) is 5.91 Å². The van der Waals surface area contributed by atoms with Gasteiger partial charge in [-0.1, -0.05) is 73.0 Å². The Balaban J connectivity index is 1.80. The van der Waals surface area contributed by atoms with Crippen molar-refractivity contribution in [3.05, 3.63) is 35.4 Å². The van der Waals surface area contributed by atoms with Gasteiger partial charge in [0.25, 0.3) is 0 Å². The Hall–Kier alpha value is -1.05. The highest BCUT2D eigenvalue weighted by Gasteiger charge is 2.09. The molecule has 130 valence electrons. The maximum absolute atomic E-state index is 11.6. The predicted octanol–water partition coefficient (Wildman–Crippen LogP) is 4.57. The number of carbonyl (C=O) groups is 1. The summed E-state index contributed by atoms with van der Waals surface area (Å²) in [6, 6.07) is 8.90. The summed E-state index contributed by atoms with van der Waals surface area (Å²) >= 11 is 4.67. The second-order valence-corrected chi connectivity index (χ2v) is 9.45. The van der Waals surface area contributed by atoms with E-state index in [1.807, 2.05) is 13.8 Å². The van der Waals surface area contributed by atoms with Crippen molar-refractivity contribution in [2.75, 3.05) is 5.75 Å². The molecule has 0 bridgehead atoms. The first-order valence-electron chi connectivity index (χ1n) is 7.91. The summed E-state index contributed by atoms with van der Waals surface area (Å²) in [6.07, 6.45) is 0. The van der Waals surface area contributed by atoms with Crippen LogP contribution in [0.25, 0.3) is 0 Å². The van der Waals surface area contributed by atoms with E-state index in [0.29, 0.717) is 11.7 Å². The van der Waals surface area contributed by atoms with E-state index in [1.165, 1.54) is 22.9 Å². The summed E-state index contributed by atoms with van der Waals surface area (Å²) in [5.74, 6) is 1.85. The molecule has 0 unspecified atom stereocenters. The molecule has 2 aromatic rings. The van der Waals surface area contributed by atoms with Crippen LogP contribution >= 0.6 is 34.9 Å². The topological polar surface area (TPSA) is 54.9 Å². The second-order valence-electron chi connectivity index (χ2n) is 6.03. The molecule has 0 spiro atoms. The zero-order valence-corrected chi connectivity index (χ0v) is 16.9. The molecular weight excluding hydrogens is 358 g/mol. The molecule has 7 heteroatoms. The Morgan fingerprint density at radius 1 is 1.08 bits per heavy atom. The van der Waals surface area contributed by atoms with Crippen molar-refractivity contribution < 1.29 is 4.79 Å². The standard InChI is InChI=1S/C17H23N3OS3/c1-11(2)14-7-5-13(6-8-14)9-22-16-19-20-17(24-16)23-10-15(21)18-12(3)4/h5-8,11-12H,9-10H2,1-4H3,(H,18,21). The van der Waals surface area contributed by atoms with Gasteiger partial charge in [0.05, 0.1) is 5.75 Å². The maximum Gasteiger partial charge on any atom is 0.230 e. The highest BCUT2D eigenvalue weighted by Crippen LogP contribution is 2.30. The first kappa shape index (κ1) is 19.3. The lowest BCUT2D eigenvalue weighted by molar-refractivity contribution is -0.119. The van der Waals surface area contributed by atoms with Crippen molar-refractivity contribution in [3.8, 4) is 0 Å². The molecule has 1 heterocycles. The molecule has 1 amide bonds. The van der Waals surface area contributed by atoms with Gasteiger partial charge in [-0.3, -0.25) is 4.79 Å². The molecule has 0 saturated carbocycles. The lowest BCUT2D eigenvalue weighted by Gasteiger charge is -2.06. The van der Waals surface area contributed by atoms with E-state index >= 15 is 0 Å². The third-order valence-electron chi connectivity index (χ3n) is 3.17. The molecule has 4 nitrogen and oxygen atoms in total. The highest BCUT2D eigenvalue weighted by atomic mass is 32.2. The van der Waals surface area contributed by atoms with E-state index in [2.05, 4.69) is 53.6 Å².